The van der Waals surface area contributed by atoms with Gasteiger partial charge >= 0.3 is 0 Å². The maximum absolute atomic E-state index is 12.7. The topological polar surface area (TPSA) is 67.4 Å². The zero-order valence-corrected chi connectivity index (χ0v) is 17.9. The number of benzene rings is 2. The first-order valence-electron chi connectivity index (χ1n) is 9.31. The third kappa shape index (κ3) is 6.47. The van der Waals surface area contributed by atoms with Crippen LogP contribution in [0.1, 0.15) is 20.8 Å². The summed E-state index contributed by atoms with van der Waals surface area (Å²) in [6.45, 7) is 2.47. The predicted octanol–water partition coefficient (Wildman–Crippen LogP) is 4.68. The molecule has 0 aliphatic rings. The van der Waals surface area contributed by atoms with Crippen LogP contribution in [0.4, 0.5) is 0 Å². The Balaban J connectivity index is 1.62. The molecule has 0 fully saturated rings. The maximum Gasteiger partial charge on any atom is 0.267 e. The third-order valence-electron chi connectivity index (χ3n) is 4.07. The zero-order chi connectivity index (χ0) is 21.3. The van der Waals surface area contributed by atoms with Crippen LogP contribution in [0.25, 0.3) is 6.08 Å². The molecule has 0 saturated heterocycles. The Morgan fingerprint density at radius 2 is 1.90 bits per heavy atom. The molecule has 0 bridgehead atoms. The summed E-state index contributed by atoms with van der Waals surface area (Å²) in [4.78, 5) is 26.2. The van der Waals surface area contributed by atoms with Crippen LogP contribution in [-0.2, 0) is 4.79 Å². The predicted molar refractivity (Wildman–Crippen MR) is 121 cm³/mol. The van der Waals surface area contributed by atoms with Crippen LogP contribution in [0.3, 0.4) is 0 Å². The van der Waals surface area contributed by atoms with Crippen LogP contribution in [0.5, 0.6) is 5.75 Å². The van der Waals surface area contributed by atoms with Gasteiger partial charge in [-0.2, -0.15) is 0 Å². The van der Waals surface area contributed by atoms with Crippen molar-refractivity contribution >= 4 is 40.8 Å². The van der Waals surface area contributed by atoms with Crippen molar-refractivity contribution in [3.63, 3.8) is 0 Å². The van der Waals surface area contributed by atoms with Gasteiger partial charge in [0.15, 0.2) is 0 Å². The molecule has 3 aromatic rings. The second kappa shape index (κ2) is 10.6. The number of rotatable bonds is 8. The molecule has 2 N–H and O–H groups in total. The van der Waals surface area contributed by atoms with Gasteiger partial charge in [-0.25, -0.2) is 0 Å². The highest BCUT2D eigenvalue weighted by molar-refractivity contribution is 7.10. The van der Waals surface area contributed by atoms with E-state index in [1.165, 1.54) is 11.3 Å². The van der Waals surface area contributed by atoms with Crippen molar-refractivity contribution < 1.29 is 14.3 Å². The number of thiophene rings is 1. The summed E-state index contributed by atoms with van der Waals surface area (Å²) in [5.41, 5.74) is 1.64. The highest BCUT2D eigenvalue weighted by atomic mass is 35.5. The van der Waals surface area contributed by atoms with Gasteiger partial charge in [0.25, 0.3) is 11.8 Å². The Kier molecular flexibility index (Phi) is 7.65. The fraction of sp³-hybridized carbons (Fsp3) is 0.130. The standard InChI is InChI=1S/C23H21ClN2O3S/c1-16-4-2-5-17(14-16)22(27)26-21(15-20-6-3-13-30-20)23(28)25-11-12-29-19-9-7-18(24)8-10-19/h2-10,13-15H,11-12H2,1H3,(H,25,28)(H,26,27)/b21-15-. The summed E-state index contributed by atoms with van der Waals surface area (Å²) in [7, 11) is 0. The van der Waals surface area contributed by atoms with Crippen molar-refractivity contribution in [3.05, 3.63) is 92.8 Å². The molecule has 2 aromatic carbocycles. The number of amides is 2. The highest BCUT2D eigenvalue weighted by Crippen LogP contribution is 2.15. The fourth-order valence-electron chi connectivity index (χ4n) is 2.61. The van der Waals surface area contributed by atoms with E-state index in [1.54, 1.807) is 48.5 Å². The van der Waals surface area contributed by atoms with Gasteiger partial charge in [-0.15, -0.1) is 11.3 Å². The SMILES string of the molecule is Cc1cccc(C(=O)N/C(=C\c2cccs2)C(=O)NCCOc2ccc(Cl)cc2)c1. The van der Waals surface area contributed by atoms with E-state index < -0.39 is 0 Å². The van der Waals surface area contributed by atoms with E-state index in [4.69, 9.17) is 16.3 Å². The Bertz CT molecular complexity index is 1030. The van der Waals surface area contributed by atoms with E-state index in [0.717, 1.165) is 10.4 Å². The summed E-state index contributed by atoms with van der Waals surface area (Å²) in [6, 6.07) is 17.9. The van der Waals surface area contributed by atoms with E-state index in [1.807, 2.05) is 30.5 Å². The summed E-state index contributed by atoms with van der Waals surface area (Å²) >= 11 is 7.33. The Morgan fingerprint density at radius 1 is 1.10 bits per heavy atom. The quantitative estimate of drug-likeness (QED) is 0.395. The molecule has 0 saturated carbocycles. The van der Waals surface area contributed by atoms with E-state index >= 15 is 0 Å². The number of ether oxygens (including phenoxy) is 1. The number of aryl methyl sites for hydroxylation is 1. The minimum Gasteiger partial charge on any atom is -0.492 e. The van der Waals surface area contributed by atoms with E-state index in [0.29, 0.717) is 16.3 Å². The van der Waals surface area contributed by atoms with Crippen molar-refractivity contribution in [1.29, 1.82) is 0 Å². The molecule has 0 aliphatic carbocycles. The van der Waals surface area contributed by atoms with Gasteiger partial charge in [-0.3, -0.25) is 9.59 Å². The average molecular weight is 441 g/mol. The van der Waals surface area contributed by atoms with E-state index in [9.17, 15) is 9.59 Å². The first-order chi connectivity index (χ1) is 14.5. The molecule has 1 aromatic heterocycles. The van der Waals surface area contributed by atoms with Crippen LogP contribution in [0.2, 0.25) is 5.02 Å². The van der Waals surface area contributed by atoms with Crippen molar-refractivity contribution in [2.24, 2.45) is 0 Å². The number of halogens is 1. The van der Waals surface area contributed by atoms with Crippen molar-refractivity contribution in [3.8, 4) is 5.75 Å². The van der Waals surface area contributed by atoms with Crippen molar-refractivity contribution in [2.75, 3.05) is 13.2 Å². The number of hydrogen-bond acceptors (Lipinski definition) is 4. The van der Waals surface area contributed by atoms with Crippen molar-refractivity contribution in [2.45, 2.75) is 6.92 Å². The van der Waals surface area contributed by atoms with Gasteiger partial charge in [0, 0.05) is 15.5 Å². The molecule has 1 heterocycles. The Morgan fingerprint density at radius 3 is 2.60 bits per heavy atom. The zero-order valence-electron chi connectivity index (χ0n) is 16.4. The average Bonchev–Trinajstić information content (AvgIpc) is 3.25. The van der Waals surface area contributed by atoms with Crippen LogP contribution in [0, 0.1) is 6.92 Å². The van der Waals surface area contributed by atoms with Gasteiger partial charge in [0.1, 0.15) is 18.1 Å². The molecule has 0 atom stereocenters. The number of nitrogens with one attached hydrogen (secondary N) is 2. The largest absolute Gasteiger partial charge is 0.492 e. The van der Waals surface area contributed by atoms with E-state index in [-0.39, 0.29) is 30.7 Å². The molecule has 0 spiro atoms. The molecule has 5 nitrogen and oxygen atoms in total. The van der Waals surface area contributed by atoms with E-state index in [2.05, 4.69) is 10.6 Å². The number of carbonyl (C=O) groups is 2. The molecule has 154 valence electrons. The lowest BCUT2D eigenvalue weighted by molar-refractivity contribution is -0.117. The fourth-order valence-corrected chi connectivity index (χ4v) is 3.40. The minimum atomic E-state index is -0.385. The summed E-state index contributed by atoms with van der Waals surface area (Å²) < 4.78 is 5.58. The van der Waals surface area contributed by atoms with Gasteiger partial charge < -0.3 is 15.4 Å². The lowest BCUT2D eigenvalue weighted by atomic mass is 10.1. The molecular weight excluding hydrogens is 420 g/mol. The lowest BCUT2D eigenvalue weighted by Gasteiger charge is -2.12. The minimum absolute atomic E-state index is 0.176. The van der Waals surface area contributed by atoms with Crippen LogP contribution in [-0.4, -0.2) is 25.0 Å². The van der Waals surface area contributed by atoms with Crippen molar-refractivity contribution in [1.82, 2.24) is 10.6 Å². The van der Waals surface area contributed by atoms with Gasteiger partial charge in [-0.1, -0.05) is 35.4 Å². The molecule has 0 aliphatic heterocycles. The molecule has 0 radical (unpaired) electrons. The molecule has 2 amide bonds. The maximum atomic E-state index is 12.7. The summed E-state index contributed by atoms with van der Waals surface area (Å²) in [6.07, 6.45) is 1.66. The number of carbonyl (C=O) groups excluding carboxylic acids is 2. The molecule has 30 heavy (non-hydrogen) atoms. The highest BCUT2D eigenvalue weighted by Gasteiger charge is 2.15. The summed E-state index contributed by atoms with van der Waals surface area (Å²) in [5, 5.41) is 8.04. The van der Waals surface area contributed by atoms with Gasteiger partial charge in [-0.05, 0) is 60.8 Å². The van der Waals surface area contributed by atoms with Gasteiger partial charge in [0.2, 0.25) is 0 Å². The second-order valence-corrected chi connectivity index (χ2v) is 7.87. The smallest absolute Gasteiger partial charge is 0.267 e. The monoisotopic (exact) mass is 440 g/mol. The van der Waals surface area contributed by atoms with Gasteiger partial charge in [0.05, 0.1) is 6.54 Å². The first-order valence-corrected chi connectivity index (χ1v) is 10.6. The molecular formula is C23H21ClN2O3S. The lowest BCUT2D eigenvalue weighted by Crippen LogP contribution is -2.36. The summed E-state index contributed by atoms with van der Waals surface area (Å²) in [5.74, 6) is -0.0612. The first kappa shape index (κ1) is 21.6. The molecule has 3 rings (SSSR count). The molecule has 7 heteroatoms. The Labute approximate surface area is 184 Å². The van der Waals surface area contributed by atoms with Crippen LogP contribution in [0.15, 0.2) is 71.7 Å². The van der Waals surface area contributed by atoms with Crippen LogP contribution < -0.4 is 15.4 Å². The van der Waals surface area contributed by atoms with Crippen LogP contribution >= 0.6 is 22.9 Å². The normalized spacial score (nSPS) is 11.1. The Hall–Kier alpha value is -3.09. The third-order valence-corrected chi connectivity index (χ3v) is 5.14. The number of hydrogen-bond donors (Lipinski definition) is 2. The second-order valence-electron chi connectivity index (χ2n) is 6.46. The molecule has 0 unspecified atom stereocenters.